The van der Waals surface area contributed by atoms with E-state index >= 15 is 0 Å². The van der Waals surface area contributed by atoms with Gasteiger partial charge in [-0.25, -0.2) is 0 Å². The Balaban J connectivity index is 2.19. The Hall–Kier alpha value is -2.34. The van der Waals surface area contributed by atoms with Gasteiger partial charge in [0.25, 0.3) is 0 Å². The minimum absolute atomic E-state index is 1.07. The molecule has 0 aromatic heterocycles. The summed E-state index contributed by atoms with van der Waals surface area (Å²) in [7, 11) is 0. The number of hydrogen-bond acceptors (Lipinski definition) is 0. The predicted octanol–water partition coefficient (Wildman–Crippen LogP) is 3.91. The molecule has 2 aliphatic rings. The van der Waals surface area contributed by atoms with Crippen LogP contribution in [0.3, 0.4) is 0 Å². The van der Waals surface area contributed by atoms with E-state index in [1.54, 1.807) is 0 Å². The zero-order chi connectivity index (χ0) is 12.4. The Morgan fingerprint density at radius 1 is 0.789 bits per heavy atom. The van der Waals surface area contributed by atoms with Gasteiger partial charge in [-0.1, -0.05) is 60.7 Å². The Morgan fingerprint density at radius 2 is 1.63 bits per heavy atom. The van der Waals surface area contributed by atoms with E-state index < -0.39 is 0 Å². The maximum absolute atomic E-state index is 2.30. The van der Waals surface area contributed by atoms with Crippen molar-refractivity contribution in [3.8, 4) is 0 Å². The molecule has 19 heavy (non-hydrogen) atoms. The second-order valence-corrected chi connectivity index (χ2v) is 5.43. The lowest BCUT2D eigenvalue weighted by Gasteiger charge is -2.18. The Labute approximate surface area is 111 Å². The largest absolute Gasteiger partial charge is 0.0613 e. The lowest BCUT2D eigenvalue weighted by molar-refractivity contribution is 1.21. The van der Waals surface area contributed by atoms with E-state index in [1.165, 1.54) is 43.5 Å². The van der Waals surface area contributed by atoms with Crippen LogP contribution in [0.25, 0.3) is 27.1 Å². The minimum Gasteiger partial charge on any atom is -0.0613 e. The van der Waals surface area contributed by atoms with Gasteiger partial charge in [-0.3, -0.25) is 0 Å². The van der Waals surface area contributed by atoms with E-state index in [4.69, 9.17) is 0 Å². The van der Waals surface area contributed by atoms with Gasteiger partial charge in [0.15, 0.2) is 0 Å². The van der Waals surface area contributed by atoms with E-state index in [0.29, 0.717) is 0 Å². The summed E-state index contributed by atoms with van der Waals surface area (Å²) in [4.78, 5) is 0. The van der Waals surface area contributed by atoms with Crippen LogP contribution in [-0.2, 0) is 6.42 Å². The topological polar surface area (TPSA) is 0 Å². The third kappa shape index (κ3) is 1.09. The monoisotopic (exact) mass is 240 g/mol. The third-order valence-electron chi connectivity index (χ3n) is 4.44. The van der Waals surface area contributed by atoms with E-state index in [0.717, 1.165) is 6.42 Å². The van der Waals surface area contributed by atoms with Crippen LogP contribution in [-0.4, -0.2) is 0 Å². The van der Waals surface area contributed by atoms with Crippen molar-refractivity contribution in [1.29, 1.82) is 0 Å². The third-order valence-corrected chi connectivity index (χ3v) is 4.44. The number of hydrogen-bond donors (Lipinski definition) is 0. The summed E-state index contributed by atoms with van der Waals surface area (Å²) in [5, 5.41) is 7.02. The molecule has 0 radical (unpaired) electrons. The Morgan fingerprint density at radius 3 is 2.53 bits per heavy atom. The van der Waals surface area contributed by atoms with Gasteiger partial charge in [0.1, 0.15) is 0 Å². The molecule has 2 aliphatic carbocycles. The van der Waals surface area contributed by atoms with Crippen LogP contribution in [0.2, 0.25) is 0 Å². The van der Waals surface area contributed by atoms with Crippen LogP contribution in [0.4, 0.5) is 0 Å². The van der Waals surface area contributed by atoms with E-state index in [1.807, 2.05) is 0 Å². The highest BCUT2D eigenvalue weighted by Gasteiger charge is 2.18. The molecule has 0 saturated heterocycles. The molecule has 3 aromatic carbocycles. The van der Waals surface area contributed by atoms with Crippen molar-refractivity contribution in [3.63, 3.8) is 0 Å². The van der Waals surface area contributed by atoms with Crippen molar-refractivity contribution in [1.82, 2.24) is 0 Å². The molecule has 0 saturated carbocycles. The molecule has 0 nitrogen and oxygen atoms in total. The van der Waals surface area contributed by atoms with Gasteiger partial charge in [-0.15, -0.1) is 0 Å². The van der Waals surface area contributed by atoms with E-state index in [9.17, 15) is 0 Å². The smallest absolute Gasteiger partial charge is 0.00132 e. The Kier molecular flexibility index (Phi) is 1.59. The van der Waals surface area contributed by atoms with Crippen molar-refractivity contribution in [2.24, 2.45) is 0 Å². The first-order valence-electron chi connectivity index (χ1n) is 6.77. The van der Waals surface area contributed by atoms with Crippen LogP contribution < -0.4 is 5.22 Å². The van der Waals surface area contributed by atoms with Crippen molar-refractivity contribution in [2.45, 2.75) is 6.42 Å². The molecule has 3 aromatic rings. The normalized spacial score (nSPS) is 16.2. The summed E-state index contributed by atoms with van der Waals surface area (Å²) in [5.41, 5.74) is 4.36. The molecule has 0 spiro atoms. The summed E-state index contributed by atoms with van der Waals surface area (Å²) < 4.78 is 0. The number of benzene rings is 3. The van der Waals surface area contributed by atoms with Crippen molar-refractivity contribution in [2.75, 3.05) is 0 Å². The zero-order valence-electron chi connectivity index (χ0n) is 10.5. The maximum atomic E-state index is 2.30. The minimum atomic E-state index is 1.07. The van der Waals surface area contributed by atoms with E-state index in [2.05, 4.69) is 60.7 Å². The molecule has 0 amide bonds. The average molecular weight is 240 g/mol. The van der Waals surface area contributed by atoms with Crippen LogP contribution in [0, 0.1) is 0 Å². The lowest BCUT2D eigenvalue weighted by atomic mass is 9.85. The van der Waals surface area contributed by atoms with Gasteiger partial charge in [-0.2, -0.15) is 0 Å². The molecular formula is C19H12. The summed E-state index contributed by atoms with van der Waals surface area (Å²) in [5.74, 6) is 0. The second-order valence-electron chi connectivity index (χ2n) is 5.43. The van der Waals surface area contributed by atoms with Crippen molar-refractivity contribution < 1.29 is 0 Å². The predicted molar refractivity (Wildman–Crippen MR) is 81.0 cm³/mol. The average Bonchev–Trinajstić information content (AvgIpc) is 2.92. The lowest BCUT2D eigenvalue weighted by Crippen LogP contribution is -2.15. The van der Waals surface area contributed by atoms with Crippen LogP contribution in [0.15, 0.2) is 66.3 Å². The maximum Gasteiger partial charge on any atom is -0.00132 e. The highest BCUT2D eigenvalue weighted by atomic mass is 14.2. The second kappa shape index (κ2) is 3.16. The first-order valence-corrected chi connectivity index (χ1v) is 6.77. The molecule has 0 N–H and O–H groups in total. The fourth-order valence-electron chi connectivity index (χ4n) is 3.60. The van der Waals surface area contributed by atoms with Crippen LogP contribution in [0.5, 0.6) is 0 Å². The van der Waals surface area contributed by atoms with Gasteiger partial charge in [0.2, 0.25) is 0 Å². The molecule has 0 heterocycles. The Bertz CT molecular complexity index is 952. The van der Waals surface area contributed by atoms with Crippen LogP contribution >= 0.6 is 0 Å². The first kappa shape index (κ1) is 9.57. The summed E-state index contributed by atoms with van der Waals surface area (Å²) in [6.07, 6.45) is 7.75. The molecule has 0 atom stereocenters. The van der Waals surface area contributed by atoms with Gasteiger partial charge in [0, 0.05) is 0 Å². The number of allylic oxidation sites excluding steroid dienone is 4. The summed E-state index contributed by atoms with van der Waals surface area (Å²) in [6.45, 7) is 0. The fraction of sp³-hybridized carbons (Fsp3) is 0.0526. The molecule has 0 bridgehead atoms. The number of rotatable bonds is 0. The summed E-state index contributed by atoms with van der Waals surface area (Å²) >= 11 is 0. The summed E-state index contributed by atoms with van der Waals surface area (Å²) in [6, 6.07) is 15.7. The molecule has 0 fully saturated rings. The van der Waals surface area contributed by atoms with Crippen molar-refractivity contribution >= 4 is 27.1 Å². The SMILES string of the molecule is C1=CC2=c3ccc4cccc5ccc(c3c54)CC2=C1. The van der Waals surface area contributed by atoms with Crippen LogP contribution in [0.1, 0.15) is 5.56 Å². The zero-order valence-corrected chi connectivity index (χ0v) is 10.5. The highest BCUT2D eigenvalue weighted by molar-refractivity contribution is 6.13. The standard InChI is InChI=1S/C19H12/c1-3-12-7-8-15-11-14-5-2-6-16(14)17-10-9-13(4-1)18(12)19(15)17/h1-10H,11H2. The van der Waals surface area contributed by atoms with Gasteiger partial charge in [0.05, 0.1) is 0 Å². The fourth-order valence-corrected chi connectivity index (χ4v) is 3.60. The van der Waals surface area contributed by atoms with Crippen molar-refractivity contribution in [3.05, 3.63) is 77.0 Å². The molecule has 0 heteroatoms. The van der Waals surface area contributed by atoms with Gasteiger partial charge < -0.3 is 0 Å². The van der Waals surface area contributed by atoms with Gasteiger partial charge in [-0.05, 0) is 49.9 Å². The van der Waals surface area contributed by atoms with Gasteiger partial charge >= 0.3 is 0 Å². The molecule has 0 aliphatic heterocycles. The highest BCUT2D eigenvalue weighted by Crippen LogP contribution is 2.34. The first-order chi connectivity index (χ1) is 9.42. The van der Waals surface area contributed by atoms with E-state index in [-0.39, 0.29) is 0 Å². The molecule has 88 valence electrons. The molecule has 5 rings (SSSR count). The molecule has 0 unspecified atom stereocenters. The quantitative estimate of drug-likeness (QED) is 0.559. The number of fused-ring (bicyclic) bond motifs is 1. The molecular weight excluding hydrogens is 228 g/mol.